The van der Waals surface area contributed by atoms with Crippen LogP contribution >= 0.6 is 0 Å². The van der Waals surface area contributed by atoms with E-state index in [-0.39, 0.29) is 5.91 Å². The first-order chi connectivity index (χ1) is 7.57. The fourth-order valence-electron chi connectivity index (χ4n) is 1.44. The third-order valence-corrected chi connectivity index (χ3v) is 2.36. The molecule has 0 saturated heterocycles. The van der Waals surface area contributed by atoms with Gasteiger partial charge in [0, 0.05) is 34.4 Å². The molecule has 0 aliphatic carbocycles. The molecule has 0 atom stereocenters. The highest BCUT2D eigenvalue weighted by atomic mass is 16.5. The first-order valence-corrected chi connectivity index (χ1v) is 5.09. The normalized spacial score (nSPS) is 10.4. The Hall–Kier alpha value is -1.56. The number of nitrogen functional groups attached to an aromatic ring is 1. The summed E-state index contributed by atoms with van der Waals surface area (Å²) in [5, 5.41) is 3.94. The molecule has 0 bridgehead atoms. The molecule has 1 aromatic heterocycles. The minimum absolute atomic E-state index is 0.117. The van der Waals surface area contributed by atoms with Crippen LogP contribution in [0, 0.1) is 0 Å². The summed E-state index contributed by atoms with van der Waals surface area (Å²) in [5.41, 5.74) is 6.52. The van der Waals surface area contributed by atoms with Crippen LogP contribution in [-0.2, 0) is 11.8 Å². The van der Waals surface area contributed by atoms with Gasteiger partial charge in [0.15, 0.2) is 0 Å². The van der Waals surface area contributed by atoms with Gasteiger partial charge in [-0.2, -0.15) is 5.10 Å². The van der Waals surface area contributed by atoms with Crippen molar-refractivity contribution in [1.29, 1.82) is 0 Å². The summed E-state index contributed by atoms with van der Waals surface area (Å²) in [6.07, 6.45) is 2.28. The van der Waals surface area contributed by atoms with Crippen LogP contribution in [0.5, 0.6) is 0 Å². The highest BCUT2D eigenvalue weighted by molar-refractivity contribution is 5.97. The van der Waals surface area contributed by atoms with Gasteiger partial charge in [0.2, 0.25) is 0 Å². The lowest BCUT2D eigenvalue weighted by Crippen LogP contribution is -2.30. The Morgan fingerprint density at radius 2 is 2.38 bits per heavy atom. The summed E-state index contributed by atoms with van der Waals surface area (Å²) in [6, 6.07) is 0. The number of amides is 1. The van der Waals surface area contributed by atoms with E-state index < -0.39 is 0 Å². The predicted octanol–water partition coefficient (Wildman–Crippen LogP) is 0.111. The van der Waals surface area contributed by atoms with Crippen LogP contribution in [-0.4, -0.2) is 47.9 Å². The van der Waals surface area contributed by atoms with Gasteiger partial charge in [-0.05, 0) is 6.42 Å². The van der Waals surface area contributed by atoms with Crippen molar-refractivity contribution in [2.45, 2.75) is 6.42 Å². The fraction of sp³-hybridized carbons (Fsp3) is 0.600. The Morgan fingerprint density at radius 1 is 1.69 bits per heavy atom. The summed E-state index contributed by atoms with van der Waals surface area (Å²) in [4.78, 5) is 13.6. The maximum Gasteiger partial charge on any atom is 0.274 e. The van der Waals surface area contributed by atoms with Gasteiger partial charge >= 0.3 is 0 Å². The van der Waals surface area contributed by atoms with Crippen LogP contribution in [0.1, 0.15) is 16.9 Å². The minimum atomic E-state index is -0.117. The molecule has 0 aliphatic rings. The molecule has 16 heavy (non-hydrogen) atoms. The Balaban J connectivity index is 2.63. The van der Waals surface area contributed by atoms with Crippen molar-refractivity contribution < 1.29 is 9.53 Å². The third kappa shape index (κ3) is 2.73. The molecule has 0 fully saturated rings. The Labute approximate surface area is 95.0 Å². The maximum absolute atomic E-state index is 12.0. The molecule has 6 nitrogen and oxygen atoms in total. The van der Waals surface area contributed by atoms with Crippen LogP contribution in [0.3, 0.4) is 0 Å². The first-order valence-electron chi connectivity index (χ1n) is 5.09. The largest absolute Gasteiger partial charge is 0.396 e. The number of rotatable bonds is 5. The SMILES string of the molecule is COCCCN(C)C(=O)c1c(N)cnn1C. The number of carbonyl (C=O) groups excluding carboxylic acids is 1. The van der Waals surface area contributed by atoms with Gasteiger partial charge < -0.3 is 15.4 Å². The number of nitrogens with two attached hydrogens (primary N) is 1. The minimum Gasteiger partial charge on any atom is -0.396 e. The van der Waals surface area contributed by atoms with Crippen molar-refractivity contribution >= 4 is 11.6 Å². The fourth-order valence-corrected chi connectivity index (χ4v) is 1.44. The van der Waals surface area contributed by atoms with Gasteiger partial charge in [-0.1, -0.05) is 0 Å². The van der Waals surface area contributed by atoms with Crippen molar-refractivity contribution in [3.8, 4) is 0 Å². The van der Waals surface area contributed by atoms with E-state index in [1.165, 1.54) is 10.9 Å². The molecule has 0 saturated carbocycles. The van der Waals surface area contributed by atoms with Crippen molar-refractivity contribution in [1.82, 2.24) is 14.7 Å². The molecule has 0 aliphatic heterocycles. The van der Waals surface area contributed by atoms with Crippen LogP contribution in [0.2, 0.25) is 0 Å². The molecule has 1 amide bonds. The van der Waals surface area contributed by atoms with Crippen molar-refractivity contribution in [2.75, 3.05) is 33.0 Å². The topological polar surface area (TPSA) is 73.4 Å². The van der Waals surface area contributed by atoms with E-state index in [0.717, 1.165) is 6.42 Å². The number of ether oxygens (including phenoxy) is 1. The molecular weight excluding hydrogens is 208 g/mol. The van der Waals surface area contributed by atoms with Gasteiger partial charge in [-0.15, -0.1) is 0 Å². The highest BCUT2D eigenvalue weighted by Crippen LogP contribution is 2.11. The lowest BCUT2D eigenvalue weighted by molar-refractivity contribution is 0.0769. The van der Waals surface area contributed by atoms with E-state index in [9.17, 15) is 4.79 Å². The molecule has 0 unspecified atom stereocenters. The predicted molar refractivity (Wildman–Crippen MR) is 61.1 cm³/mol. The summed E-state index contributed by atoms with van der Waals surface area (Å²) >= 11 is 0. The highest BCUT2D eigenvalue weighted by Gasteiger charge is 2.18. The average molecular weight is 226 g/mol. The van der Waals surface area contributed by atoms with Crippen LogP contribution in [0.4, 0.5) is 5.69 Å². The van der Waals surface area contributed by atoms with E-state index in [0.29, 0.717) is 24.5 Å². The molecule has 90 valence electrons. The van der Waals surface area contributed by atoms with Gasteiger partial charge in [0.25, 0.3) is 5.91 Å². The Kier molecular flexibility index (Phi) is 4.30. The number of nitrogens with zero attached hydrogens (tertiary/aromatic N) is 3. The summed E-state index contributed by atoms with van der Waals surface area (Å²) in [6.45, 7) is 1.27. The number of anilines is 1. The van der Waals surface area contributed by atoms with Gasteiger partial charge in [0.1, 0.15) is 5.69 Å². The van der Waals surface area contributed by atoms with Gasteiger partial charge in [-0.3, -0.25) is 9.48 Å². The van der Waals surface area contributed by atoms with Gasteiger partial charge in [0.05, 0.1) is 11.9 Å². The zero-order chi connectivity index (χ0) is 12.1. The number of aromatic nitrogens is 2. The number of carbonyl (C=O) groups is 1. The quantitative estimate of drug-likeness (QED) is 0.723. The standard InChI is InChI=1S/C10H18N4O2/c1-13(5-4-6-16-3)10(15)9-8(11)7-12-14(9)2/h7H,4-6,11H2,1-3H3. The van der Waals surface area contributed by atoms with Crippen molar-refractivity contribution in [3.63, 3.8) is 0 Å². The smallest absolute Gasteiger partial charge is 0.274 e. The molecule has 0 aromatic carbocycles. The monoisotopic (exact) mass is 226 g/mol. The van der Waals surface area contributed by atoms with Crippen LogP contribution in [0.25, 0.3) is 0 Å². The molecule has 6 heteroatoms. The average Bonchev–Trinajstić information content (AvgIpc) is 2.58. The molecule has 2 N–H and O–H groups in total. The first kappa shape index (κ1) is 12.5. The van der Waals surface area contributed by atoms with Crippen molar-refractivity contribution in [2.24, 2.45) is 7.05 Å². The van der Waals surface area contributed by atoms with Crippen molar-refractivity contribution in [3.05, 3.63) is 11.9 Å². The van der Waals surface area contributed by atoms with E-state index in [4.69, 9.17) is 10.5 Å². The summed E-state index contributed by atoms with van der Waals surface area (Å²) in [5.74, 6) is -0.117. The number of hydrogen-bond donors (Lipinski definition) is 1. The van der Waals surface area contributed by atoms with E-state index in [1.54, 1.807) is 26.1 Å². The van der Waals surface area contributed by atoms with Gasteiger partial charge in [-0.25, -0.2) is 0 Å². The zero-order valence-corrected chi connectivity index (χ0v) is 9.93. The van der Waals surface area contributed by atoms with Crippen LogP contribution < -0.4 is 5.73 Å². The van der Waals surface area contributed by atoms with Crippen LogP contribution in [0.15, 0.2) is 6.20 Å². The molecular formula is C10H18N4O2. The second-order valence-corrected chi connectivity index (χ2v) is 3.65. The van der Waals surface area contributed by atoms with E-state index in [2.05, 4.69) is 5.10 Å². The number of aryl methyl sites for hydroxylation is 1. The second-order valence-electron chi connectivity index (χ2n) is 3.65. The number of methoxy groups -OCH3 is 1. The Bertz CT molecular complexity index is 342. The molecule has 1 heterocycles. The third-order valence-electron chi connectivity index (χ3n) is 2.36. The summed E-state index contributed by atoms with van der Waals surface area (Å²) in [7, 11) is 5.08. The van der Waals surface area contributed by atoms with E-state index in [1.807, 2.05) is 0 Å². The second kappa shape index (κ2) is 5.50. The summed E-state index contributed by atoms with van der Waals surface area (Å²) < 4.78 is 6.42. The maximum atomic E-state index is 12.0. The number of hydrogen-bond acceptors (Lipinski definition) is 4. The zero-order valence-electron chi connectivity index (χ0n) is 9.93. The molecule has 1 aromatic rings. The van der Waals surface area contributed by atoms with E-state index >= 15 is 0 Å². The molecule has 0 radical (unpaired) electrons. The molecule has 1 rings (SSSR count). The lowest BCUT2D eigenvalue weighted by Gasteiger charge is -2.17. The molecule has 0 spiro atoms. The Morgan fingerprint density at radius 3 is 2.88 bits per heavy atom. The lowest BCUT2D eigenvalue weighted by atomic mass is 10.3.